The lowest BCUT2D eigenvalue weighted by Crippen LogP contribution is -2.61. The number of rotatable bonds is 3. The molecule has 1 aliphatic carbocycles. The molecule has 3 heteroatoms. The van der Waals surface area contributed by atoms with Crippen molar-refractivity contribution in [3.05, 3.63) is 148 Å². The van der Waals surface area contributed by atoms with Crippen molar-refractivity contribution in [1.82, 2.24) is 0 Å². The van der Waals surface area contributed by atoms with Gasteiger partial charge >= 0.3 is 0 Å². The van der Waals surface area contributed by atoms with E-state index in [1.54, 1.807) is 0 Å². The van der Waals surface area contributed by atoms with Crippen LogP contribution < -0.4 is 26.2 Å². The van der Waals surface area contributed by atoms with Gasteiger partial charge in [-0.1, -0.05) is 171 Å². The zero-order chi connectivity index (χ0) is 45.6. The van der Waals surface area contributed by atoms with E-state index < -0.39 is 0 Å². The average molecular weight is 831 g/mol. The van der Waals surface area contributed by atoms with E-state index in [1.807, 2.05) is 0 Å². The molecular formula is C60H71BN2. The molecule has 0 atom stereocenters. The molecule has 324 valence electrons. The fourth-order valence-corrected chi connectivity index (χ4v) is 11.3. The highest BCUT2D eigenvalue weighted by atomic mass is 15.2. The van der Waals surface area contributed by atoms with Crippen LogP contribution >= 0.6 is 0 Å². The molecule has 0 fully saturated rings. The molecule has 0 N–H and O–H groups in total. The van der Waals surface area contributed by atoms with Gasteiger partial charge in [-0.3, -0.25) is 0 Å². The highest BCUT2D eigenvalue weighted by Gasteiger charge is 2.48. The average Bonchev–Trinajstić information content (AvgIpc) is 3.36. The molecule has 0 bridgehead atoms. The zero-order valence-corrected chi connectivity index (χ0v) is 41.6. The van der Waals surface area contributed by atoms with Crippen molar-refractivity contribution in [3.8, 4) is 11.1 Å². The van der Waals surface area contributed by atoms with Gasteiger partial charge in [-0.15, -0.1) is 0 Å². The van der Waals surface area contributed by atoms with Crippen molar-refractivity contribution in [2.45, 2.75) is 157 Å². The molecule has 0 amide bonds. The van der Waals surface area contributed by atoms with Gasteiger partial charge in [0, 0.05) is 34.0 Å². The summed E-state index contributed by atoms with van der Waals surface area (Å²) >= 11 is 0. The summed E-state index contributed by atoms with van der Waals surface area (Å²) in [4.78, 5) is 5.26. The molecule has 0 spiro atoms. The topological polar surface area (TPSA) is 6.48 Å². The third kappa shape index (κ3) is 7.17. The molecule has 2 aliphatic heterocycles. The van der Waals surface area contributed by atoms with Crippen molar-refractivity contribution in [3.63, 3.8) is 0 Å². The summed E-state index contributed by atoms with van der Waals surface area (Å²) < 4.78 is 0. The number of aryl methyl sites for hydroxylation is 1. The number of fused-ring (bicyclic) bond motifs is 5. The highest BCUT2D eigenvalue weighted by Crippen LogP contribution is 2.54. The molecule has 0 unspecified atom stereocenters. The van der Waals surface area contributed by atoms with Gasteiger partial charge in [-0.25, -0.2) is 0 Å². The molecule has 3 aliphatic rings. The van der Waals surface area contributed by atoms with Crippen LogP contribution in [-0.4, -0.2) is 6.71 Å². The van der Waals surface area contributed by atoms with Gasteiger partial charge in [-0.2, -0.15) is 0 Å². The fraction of sp³-hybridized carbons (Fsp3) is 0.400. The van der Waals surface area contributed by atoms with Crippen LogP contribution in [-0.2, 0) is 32.5 Å². The van der Waals surface area contributed by atoms with Crippen molar-refractivity contribution >= 4 is 57.2 Å². The second kappa shape index (κ2) is 14.0. The largest absolute Gasteiger partial charge is 0.311 e. The van der Waals surface area contributed by atoms with E-state index in [1.165, 1.54) is 101 Å². The fourth-order valence-electron chi connectivity index (χ4n) is 11.3. The number of hydrogen-bond donors (Lipinski definition) is 0. The number of benzene rings is 6. The Morgan fingerprint density at radius 3 is 1.41 bits per heavy atom. The van der Waals surface area contributed by atoms with Crippen molar-refractivity contribution in [2.24, 2.45) is 0 Å². The van der Waals surface area contributed by atoms with Crippen LogP contribution in [0.3, 0.4) is 0 Å². The van der Waals surface area contributed by atoms with Crippen LogP contribution in [0.5, 0.6) is 0 Å². The molecule has 9 rings (SSSR count). The van der Waals surface area contributed by atoms with E-state index >= 15 is 0 Å². The number of hydrogen-bond acceptors (Lipinski definition) is 2. The first-order valence-corrected chi connectivity index (χ1v) is 23.6. The van der Waals surface area contributed by atoms with Crippen LogP contribution in [0.15, 0.2) is 109 Å². The van der Waals surface area contributed by atoms with Gasteiger partial charge in [-0.05, 0) is 155 Å². The molecule has 63 heavy (non-hydrogen) atoms. The molecule has 0 saturated carbocycles. The van der Waals surface area contributed by atoms with E-state index in [0.29, 0.717) is 0 Å². The standard InChI is InChI=1S/C60H71BN2/c1-37-30-52-54-53(31-37)63(49-28-24-41(57(8,9)10)32-44(49)38-18-20-39(21-19-38)55(2,3)4)51-35-46-45(59(14,15)36-60(46,16)17)34-48(51)61(54)47-33-42(58(11,12)13)25-29-50(47)62(52)43-26-22-40(23-27-43)56(5,6)7/h18-35H,36H2,1-17H3. The Morgan fingerprint density at radius 1 is 0.429 bits per heavy atom. The summed E-state index contributed by atoms with van der Waals surface area (Å²) in [6.45, 7) is 40.1. The number of nitrogens with zero attached hydrogens (tertiary/aromatic N) is 2. The Morgan fingerprint density at radius 2 is 0.873 bits per heavy atom. The van der Waals surface area contributed by atoms with Gasteiger partial charge in [0.1, 0.15) is 0 Å². The van der Waals surface area contributed by atoms with E-state index in [2.05, 4.69) is 237 Å². The minimum atomic E-state index is -0.0139. The molecule has 2 nitrogen and oxygen atoms in total. The van der Waals surface area contributed by atoms with E-state index in [4.69, 9.17) is 0 Å². The summed E-state index contributed by atoms with van der Waals surface area (Å²) in [5.74, 6) is 0. The quantitative estimate of drug-likeness (QED) is 0.164. The third-order valence-electron chi connectivity index (χ3n) is 14.7. The van der Waals surface area contributed by atoms with Gasteiger partial charge < -0.3 is 9.80 Å². The second-order valence-corrected chi connectivity index (χ2v) is 24.9. The normalized spacial score (nSPS) is 16.4. The zero-order valence-electron chi connectivity index (χ0n) is 41.6. The SMILES string of the molecule is Cc1cc2c3c(c1)N(c1ccc(C(C)(C)C)cc1-c1ccc(C(C)(C)C)cc1)c1cc4c(cc1B3c1cc(C(C)(C)C)ccc1N2c1ccc(C(C)(C)C)cc1)C(C)(C)CC4(C)C. The van der Waals surface area contributed by atoms with Gasteiger partial charge in [0.15, 0.2) is 0 Å². The van der Waals surface area contributed by atoms with E-state index in [9.17, 15) is 0 Å². The first kappa shape index (κ1) is 43.2. The summed E-state index contributed by atoms with van der Waals surface area (Å²) in [6.07, 6.45) is 1.12. The summed E-state index contributed by atoms with van der Waals surface area (Å²) in [6, 6.07) is 43.8. The van der Waals surface area contributed by atoms with Crippen LogP contribution in [0.1, 0.15) is 156 Å². The Bertz CT molecular complexity index is 2790. The Labute approximate surface area is 381 Å². The summed E-state index contributed by atoms with van der Waals surface area (Å²) in [5.41, 5.74) is 24.1. The molecule has 0 saturated heterocycles. The lowest BCUT2D eigenvalue weighted by atomic mass is 9.33. The summed E-state index contributed by atoms with van der Waals surface area (Å²) in [7, 11) is 0. The lowest BCUT2D eigenvalue weighted by Gasteiger charge is -2.45. The van der Waals surface area contributed by atoms with Crippen LogP contribution in [0.25, 0.3) is 11.1 Å². The smallest absolute Gasteiger partial charge is 0.252 e. The molecule has 6 aromatic rings. The van der Waals surface area contributed by atoms with Gasteiger partial charge in [0.25, 0.3) is 6.71 Å². The van der Waals surface area contributed by atoms with Crippen LogP contribution in [0.4, 0.5) is 34.1 Å². The minimum Gasteiger partial charge on any atom is -0.311 e. The molecule has 0 radical (unpaired) electrons. The molecule has 2 heterocycles. The maximum Gasteiger partial charge on any atom is 0.252 e. The Hall–Kier alpha value is -5.02. The van der Waals surface area contributed by atoms with Crippen LogP contribution in [0, 0.1) is 6.92 Å². The van der Waals surface area contributed by atoms with Crippen LogP contribution in [0.2, 0.25) is 0 Å². The van der Waals surface area contributed by atoms with Crippen molar-refractivity contribution in [2.75, 3.05) is 9.80 Å². The Kier molecular flexibility index (Phi) is 9.60. The third-order valence-corrected chi connectivity index (χ3v) is 14.7. The number of anilines is 6. The minimum absolute atomic E-state index is 0.00960. The van der Waals surface area contributed by atoms with Crippen molar-refractivity contribution < 1.29 is 0 Å². The van der Waals surface area contributed by atoms with Crippen molar-refractivity contribution in [1.29, 1.82) is 0 Å². The maximum absolute atomic E-state index is 2.68. The highest BCUT2D eigenvalue weighted by molar-refractivity contribution is 7.00. The van der Waals surface area contributed by atoms with Gasteiger partial charge in [0.05, 0.1) is 5.69 Å². The molecule has 6 aromatic carbocycles. The second-order valence-electron chi connectivity index (χ2n) is 24.9. The Balaban J connectivity index is 1.41. The monoisotopic (exact) mass is 831 g/mol. The van der Waals surface area contributed by atoms with E-state index in [0.717, 1.165) is 6.42 Å². The first-order valence-electron chi connectivity index (χ1n) is 23.6. The first-order chi connectivity index (χ1) is 29.1. The maximum atomic E-state index is 2.68. The van der Waals surface area contributed by atoms with E-state index in [-0.39, 0.29) is 39.2 Å². The summed E-state index contributed by atoms with van der Waals surface area (Å²) in [5, 5.41) is 0. The van der Waals surface area contributed by atoms with Gasteiger partial charge in [0.2, 0.25) is 0 Å². The molecule has 0 aromatic heterocycles. The molecular weight excluding hydrogens is 759 g/mol. The predicted octanol–water partition coefficient (Wildman–Crippen LogP) is 14.9. The lowest BCUT2D eigenvalue weighted by molar-refractivity contribution is 0.403. The predicted molar refractivity (Wildman–Crippen MR) is 276 cm³/mol.